The SMILES string of the molecule is Cc1c(C)c(C(=O)O)c2cc3ccccc3cc2c1C(=O)O. The van der Waals surface area contributed by atoms with E-state index in [9.17, 15) is 19.8 Å². The molecule has 0 aromatic heterocycles. The first-order valence-corrected chi connectivity index (χ1v) is 6.84. The largest absolute Gasteiger partial charge is 0.478 e. The van der Waals surface area contributed by atoms with Gasteiger partial charge in [0.25, 0.3) is 0 Å². The minimum atomic E-state index is -1.04. The first-order chi connectivity index (χ1) is 10.4. The van der Waals surface area contributed by atoms with Crippen LogP contribution < -0.4 is 0 Å². The van der Waals surface area contributed by atoms with E-state index in [2.05, 4.69) is 0 Å². The third-order valence-electron chi connectivity index (χ3n) is 4.16. The molecular weight excluding hydrogens is 280 g/mol. The number of carboxylic acid groups (broad SMARTS) is 2. The van der Waals surface area contributed by atoms with Gasteiger partial charge >= 0.3 is 11.9 Å². The second-order valence-electron chi connectivity index (χ2n) is 5.36. The van der Waals surface area contributed by atoms with Crippen LogP contribution in [-0.4, -0.2) is 22.2 Å². The summed E-state index contributed by atoms with van der Waals surface area (Å²) in [5.41, 5.74) is 1.33. The van der Waals surface area contributed by atoms with Gasteiger partial charge in [0, 0.05) is 0 Å². The Bertz CT molecular complexity index is 876. The molecule has 4 heteroatoms. The van der Waals surface area contributed by atoms with Gasteiger partial charge in [0.05, 0.1) is 11.1 Å². The van der Waals surface area contributed by atoms with Crippen LogP contribution in [0.1, 0.15) is 31.8 Å². The maximum Gasteiger partial charge on any atom is 0.336 e. The molecular formula is C18H14O4. The third-order valence-corrected chi connectivity index (χ3v) is 4.16. The van der Waals surface area contributed by atoms with Crippen molar-refractivity contribution in [1.29, 1.82) is 0 Å². The van der Waals surface area contributed by atoms with Crippen LogP contribution in [0.3, 0.4) is 0 Å². The highest BCUT2D eigenvalue weighted by Gasteiger charge is 2.22. The summed E-state index contributed by atoms with van der Waals surface area (Å²) in [4.78, 5) is 23.3. The van der Waals surface area contributed by atoms with Crippen LogP contribution in [0.15, 0.2) is 36.4 Å². The second kappa shape index (κ2) is 4.84. The van der Waals surface area contributed by atoms with Gasteiger partial charge in [0.2, 0.25) is 0 Å². The molecule has 0 atom stereocenters. The van der Waals surface area contributed by atoms with Gasteiger partial charge in [-0.2, -0.15) is 0 Å². The molecule has 0 unspecified atom stereocenters. The van der Waals surface area contributed by atoms with Crippen molar-refractivity contribution in [3.05, 3.63) is 58.7 Å². The van der Waals surface area contributed by atoms with Gasteiger partial charge in [-0.1, -0.05) is 24.3 Å². The maximum absolute atomic E-state index is 11.7. The standard InChI is InChI=1S/C18H14O4/c1-9-10(2)16(18(21)22)14-8-12-6-4-3-5-11(12)7-13(14)15(9)17(19)20/h3-8H,1-2H3,(H,19,20)(H,21,22). The molecule has 2 N–H and O–H groups in total. The minimum Gasteiger partial charge on any atom is -0.478 e. The van der Waals surface area contributed by atoms with Crippen LogP contribution in [0.5, 0.6) is 0 Å². The van der Waals surface area contributed by atoms with Crippen molar-refractivity contribution in [2.24, 2.45) is 0 Å². The Balaban J connectivity index is 2.63. The lowest BCUT2D eigenvalue weighted by Gasteiger charge is -2.15. The Morgan fingerprint density at radius 3 is 1.45 bits per heavy atom. The average Bonchev–Trinajstić information content (AvgIpc) is 2.46. The summed E-state index contributed by atoms with van der Waals surface area (Å²) in [6, 6.07) is 11.0. The van der Waals surface area contributed by atoms with Crippen molar-refractivity contribution >= 4 is 33.5 Å². The molecule has 0 amide bonds. The van der Waals surface area contributed by atoms with Crippen LogP contribution in [-0.2, 0) is 0 Å². The normalized spacial score (nSPS) is 11.0. The topological polar surface area (TPSA) is 74.6 Å². The molecule has 22 heavy (non-hydrogen) atoms. The van der Waals surface area contributed by atoms with Crippen LogP contribution in [0.4, 0.5) is 0 Å². The smallest absolute Gasteiger partial charge is 0.336 e. The summed E-state index contributed by atoms with van der Waals surface area (Å²) in [6.45, 7) is 3.31. The zero-order valence-electron chi connectivity index (χ0n) is 12.2. The summed E-state index contributed by atoms with van der Waals surface area (Å²) in [6.07, 6.45) is 0. The molecule has 4 nitrogen and oxygen atoms in total. The predicted octanol–water partition coefficient (Wildman–Crippen LogP) is 4.01. The van der Waals surface area contributed by atoms with E-state index in [0.717, 1.165) is 10.8 Å². The highest BCUT2D eigenvalue weighted by molar-refractivity contribution is 6.16. The number of carboxylic acids is 2. The molecule has 0 saturated heterocycles. The number of aromatic carboxylic acids is 2. The van der Waals surface area contributed by atoms with E-state index in [1.54, 1.807) is 26.0 Å². The average molecular weight is 294 g/mol. The lowest BCUT2D eigenvalue weighted by Crippen LogP contribution is -2.09. The lowest BCUT2D eigenvalue weighted by molar-refractivity contribution is 0.0683. The number of carbonyl (C=O) groups is 2. The van der Waals surface area contributed by atoms with E-state index in [1.807, 2.05) is 24.3 Å². The van der Waals surface area contributed by atoms with Crippen LogP contribution >= 0.6 is 0 Å². The maximum atomic E-state index is 11.7. The Kier molecular flexibility index (Phi) is 3.10. The van der Waals surface area contributed by atoms with Crippen LogP contribution in [0, 0.1) is 13.8 Å². The van der Waals surface area contributed by atoms with Gasteiger partial charge < -0.3 is 10.2 Å². The van der Waals surface area contributed by atoms with Gasteiger partial charge in [-0.25, -0.2) is 9.59 Å². The van der Waals surface area contributed by atoms with Crippen molar-refractivity contribution in [1.82, 2.24) is 0 Å². The Morgan fingerprint density at radius 2 is 1.14 bits per heavy atom. The highest BCUT2D eigenvalue weighted by Crippen LogP contribution is 2.33. The molecule has 3 rings (SSSR count). The molecule has 0 heterocycles. The van der Waals surface area contributed by atoms with Crippen molar-refractivity contribution in [2.45, 2.75) is 13.8 Å². The van der Waals surface area contributed by atoms with Gasteiger partial charge in [-0.05, 0) is 58.7 Å². The van der Waals surface area contributed by atoms with E-state index in [1.165, 1.54) is 0 Å². The lowest BCUT2D eigenvalue weighted by atomic mass is 9.89. The highest BCUT2D eigenvalue weighted by atomic mass is 16.4. The second-order valence-corrected chi connectivity index (χ2v) is 5.36. The molecule has 0 fully saturated rings. The van der Waals surface area contributed by atoms with Crippen molar-refractivity contribution in [2.75, 3.05) is 0 Å². The molecule has 0 aliphatic carbocycles. The molecule has 3 aromatic rings. The molecule has 0 bridgehead atoms. The molecule has 0 aliphatic heterocycles. The molecule has 0 radical (unpaired) electrons. The summed E-state index contributed by atoms with van der Waals surface area (Å²) >= 11 is 0. The molecule has 0 saturated carbocycles. The van der Waals surface area contributed by atoms with Crippen LogP contribution in [0.25, 0.3) is 21.5 Å². The minimum absolute atomic E-state index is 0.170. The van der Waals surface area contributed by atoms with Gasteiger partial charge in [-0.15, -0.1) is 0 Å². The Morgan fingerprint density at radius 1 is 0.773 bits per heavy atom. The molecule has 3 aromatic carbocycles. The summed E-state index contributed by atoms with van der Waals surface area (Å²) in [5, 5.41) is 21.8. The van der Waals surface area contributed by atoms with E-state index in [0.29, 0.717) is 21.9 Å². The van der Waals surface area contributed by atoms with Crippen molar-refractivity contribution < 1.29 is 19.8 Å². The van der Waals surface area contributed by atoms with Gasteiger partial charge in [0.15, 0.2) is 0 Å². The zero-order valence-corrected chi connectivity index (χ0v) is 12.2. The summed E-state index contributed by atoms with van der Waals surface area (Å²) < 4.78 is 0. The van der Waals surface area contributed by atoms with Gasteiger partial charge in [0.1, 0.15) is 0 Å². The predicted molar refractivity (Wildman–Crippen MR) is 84.8 cm³/mol. The first kappa shape index (κ1) is 14.1. The molecule has 0 aliphatic rings. The third kappa shape index (κ3) is 1.92. The summed E-state index contributed by atoms with van der Waals surface area (Å²) in [5.74, 6) is -2.09. The fraction of sp³-hybridized carbons (Fsp3) is 0.111. The summed E-state index contributed by atoms with van der Waals surface area (Å²) in [7, 11) is 0. The Labute approximate surface area is 126 Å². The Hall–Kier alpha value is -2.88. The fourth-order valence-corrected chi connectivity index (χ4v) is 2.98. The van der Waals surface area contributed by atoms with Crippen LogP contribution in [0.2, 0.25) is 0 Å². The quantitative estimate of drug-likeness (QED) is 0.700. The fourth-order valence-electron chi connectivity index (χ4n) is 2.98. The van der Waals surface area contributed by atoms with Crippen molar-refractivity contribution in [3.8, 4) is 0 Å². The molecule has 0 spiro atoms. The van der Waals surface area contributed by atoms with E-state index >= 15 is 0 Å². The number of hydrogen-bond donors (Lipinski definition) is 2. The van der Waals surface area contributed by atoms with Crippen molar-refractivity contribution in [3.63, 3.8) is 0 Å². The number of rotatable bonds is 2. The van der Waals surface area contributed by atoms with Gasteiger partial charge in [-0.3, -0.25) is 0 Å². The van der Waals surface area contributed by atoms with E-state index in [4.69, 9.17) is 0 Å². The monoisotopic (exact) mass is 294 g/mol. The van der Waals surface area contributed by atoms with E-state index in [-0.39, 0.29) is 11.1 Å². The zero-order chi connectivity index (χ0) is 16.0. The molecule has 110 valence electrons. The number of fused-ring (bicyclic) bond motifs is 2. The van der Waals surface area contributed by atoms with E-state index < -0.39 is 11.9 Å². The first-order valence-electron chi connectivity index (χ1n) is 6.84. The number of hydrogen-bond acceptors (Lipinski definition) is 2. The number of benzene rings is 3.